The third kappa shape index (κ3) is 1.65. The van der Waals surface area contributed by atoms with Crippen molar-refractivity contribution >= 4 is 45.7 Å². The van der Waals surface area contributed by atoms with Crippen molar-refractivity contribution in [1.82, 2.24) is 4.98 Å². The molecule has 84 valence electrons. The van der Waals surface area contributed by atoms with Gasteiger partial charge in [0, 0.05) is 11.1 Å². The van der Waals surface area contributed by atoms with Crippen molar-refractivity contribution < 1.29 is 4.39 Å². The van der Waals surface area contributed by atoms with Crippen molar-refractivity contribution in [2.45, 2.75) is 13.8 Å². The lowest BCUT2D eigenvalue weighted by molar-refractivity contribution is 0.630. The van der Waals surface area contributed by atoms with Crippen LogP contribution in [0.25, 0.3) is 10.9 Å². The molecule has 0 amide bonds. The van der Waals surface area contributed by atoms with Gasteiger partial charge >= 0.3 is 0 Å². The van der Waals surface area contributed by atoms with Gasteiger partial charge in [0.15, 0.2) is 5.82 Å². The normalized spacial score (nSPS) is 11.1. The minimum absolute atomic E-state index is 0.0516. The lowest BCUT2D eigenvalue weighted by Crippen LogP contribution is -1.93. The van der Waals surface area contributed by atoms with Crippen LogP contribution in [0.4, 0.5) is 4.39 Å². The maximum atomic E-state index is 13.5. The highest BCUT2D eigenvalue weighted by atomic mass is 35.5. The third-order valence-electron chi connectivity index (χ3n) is 2.52. The van der Waals surface area contributed by atoms with Gasteiger partial charge < -0.3 is 0 Å². The number of nitrogens with zero attached hydrogens (tertiary/aromatic N) is 1. The maximum Gasteiger partial charge on any atom is 0.161 e. The van der Waals surface area contributed by atoms with E-state index in [4.69, 9.17) is 34.8 Å². The van der Waals surface area contributed by atoms with Crippen LogP contribution in [0.15, 0.2) is 6.07 Å². The van der Waals surface area contributed by atoms with Gasteiger partial charge in [-0.15, -0.1) is 0 Å². The highest BCUT2D eigenvalue weighted by molar-refractivity contribution is 6.44. The Bertz CT molecular complexity index is 547. The zero-order valence-corrected chi connectivity index (χ0v) is 10.8. The van der Waals surface area contributed by atoms with Crippen molar-refractivity contribution in [3.8, 4) is 0 Å². The van der Waals surface area contributed by atoms with Gasteiger partial charge in [-0.25, -0.2) is 4.39 Å². The van der Waals surface area contributed by atoms with Crippen LogP contribution in [0.1, 0.15) is 11.3 Å². The fourth-order valence-electron chi connectivity index (χ4n) is 1.49. The molecule has 0 fully saturated rings. The van der Waals surface area contributed by atoms with Gasteiger partial charge in [0.25, 0.3) is 0 Å². The lowest BCUT2D eigenvalue weighted by atomic mass is 10.1. The number of fused-ring (bicyclic) bond motifs is 1. The Labute approximate surface area is 107 Å². The molecule has 0 spiro atoms. The second-order valence-electron chi connectivity index (χ2n) is 3.52. The molecular formula is C11H7Cl3FN. The fourth-order valence-corrected chi connectivity index (χ4v) is 2.41. The first-order valence-electron chi connectivity index (χ1n) is 4.53. The standard InChI is InChI=1S/C11H7Cl3FN/c1-4-5(2)16-7-3-6(12)11(15)10(14)8(7)9(4)13/h3H,1-2H3. The molecule has 2 aromatic rings. The van der Waals surface area contributed by atoms with Gasteiger partial charge in [-0.05, 0) is 25.5 Å². The number of pyridine rings is 1. The van der Waals surface area contributed by atoms with Crippen molar-refractivity contribution in [2.24, 2.45) is 0 Å². The third-order valence-corrected chi connectivity index (χ3v) is 3.62. The van der Waals surface area contributed by atoms with Crippen LogP contribution in [0.2, 0.25) is 15.1 Å². The van der Waals surface area contributed by atoms with Crippen molar-refractivity contribution in [3.05, 3.63) is 38.2 Å². The quantitative estimate of drug-likeness (QED) is 0.621. The maximum absolute atomic E-state index is 13.5. The van der Waals surface area contributed by atoms with Gasteiger partial charge in [0.1, 0.15) is 0 Å². The molecule has 0 aliphatic heterocycles. The number of aromatic nitrogens is 1. The molecule has 1 nitrogen and oxygen atoms in total. The van der Waals surface area contributed by atoms with E-state index in [1.54, 1.807) is 0 Å². The Kier molecular flexibility index (Phi) is 2.99. The second kappa shape index (κ2) is 4.02. The Morgan fingerprint density at radius 3 is 2.38 bits per heavy atom. The highest BCUT2D eigenvalue weighted by Crippen LogP contribution is 2.37. The van der Waals surface area contributed by atoms with E-state index in [-0.39, 0.29) is 10.0 Å². The summed E-state index contributed by atoms with van der Waals surface area (Å²) in [6, 6.07) is 1.43. The van der Waals surface area contributed by atoms with Crippen LogP contribution in [0, 0.1) is 19.7 Å². The average Bonchev–Trinajstić information content (AvgIpc) is 2.23. The van der Waals surface area contributed by atoms with Crippen LogP contribution in [-0.4, -0.2) is 4.98 Å². The molecule has 1 aromatic carbocycles. The number of benzene rings is 1. The number of hydrogen-bond donors (Lipinski definition) is 0. The van der Waals surface area contributed by atoms with Crippen LogP contribution in [0.5, 0.6) is 0 Å². The van der Waals surface area contributed by atoms with E-state index >= 15 is 0 Å². The molecule has 5 heteroatoms. The molecule has 1 heterocycles. The van der Waals surface area contributed by atoms with Gasteiger partial charge in [0.2, 0.25) is 0 Å². The summed E-state index contributed by atoms with van der Waals surface area (Å²) in [4.78, 5) is 4.28. The molecule has 0 aliphatic carbocycles. The van der Waals surface area contributed by atoms with Gasteiger partial charge in [-0.1, -0.05) is 34.8 Å². The largest absolute Gasteiger partial charge is 0.253 e. The van der Waals surface area contributed by atoms with Crippen LogP contribution in [0.3, 0.4) is 0 Å². The van der Waals surface area contributed by atoms with Gasteiger partial charge in [-0.3, -0.25) is 4.98 Å². The topological polar surface area (TPSA) is 12.9 Å². The summed E-state index contributed by atoms with van der Waals surface area (Å²) in [5.41, 5.74) is 2.07. The summed E-state index contributed by atoms with van der Waals surface area (Å²) >= 11 is 17.7. The van der Waals surface area contributed by atoms with E-state index in [1.165, 1.54) is 6.07 Å². The molecule has 2 rings (SSSR count). The first kappa shape index (κ1) is 11.9. The first-order chi connectivity index (χ1) is 7.43. The molecule has 0 bridgehead atoms. The Morgan fingerprint density at radius 2 is 1.75 bits per heavy atom. The Hall–Kier alpha value is -0.570. The summed E-state index contributed by atoms with van der Waals surface area (Å²) in [7, 11) is 0. The average molecular weight is 279 g/mol. The Morgan fingerprint density at radius 1 is 1.12 bits per heavy atom. The fraction of sp³-hybridized carbons (Fsp3) is 0.182. The number of hydrogen-bond acceptors (Lipinski definition) is 1. The molecule has 0 saturated heterocycles. The zero-order valence-electron chi connectivity index (χ0n) is 8.54. The predicted octanol–water partition coefficient (Wildman–Crippen LogP) is 4.95. The van der Waals surface area contributed by atoms with E-state index < -0.39 is 5.82 Å². The van der Waals surface area contributed by atoms with Crippen LogP contribution < -0.4 is 0 Å². The van der Waals surface area contributed by atoms with Crippen LogP contribution in [-0.2, 0) is 0 Å². The van der Waals surface area contributed by atoms with E-state index in [1.807, 2.05) is 13.8 Å². The highest BCUT2D eigenvalue weighted by Gasteiger charge is 2.16. The zero-order chi connectivity index (χ0) is 12.0. The number of halogens is 4. The second-order valence-corrected chi connectivity index (χ2v) is 4.68. The molecule has 1 aromatic heterocycles. The molecule has 0 unspecified atom stereocenters. The predicted molar refractivity (Wildman–Crippen MR) is 66.2 cm³/mol. The summed E-state index contributed by atoms with van der Waals surface area (Å²) in [6.45, 7) is 3.64. The van der Waals surface area contributed by atoms with Crippen molar-refractivity contribution in [3.63, 3.8) is 0 Å². The van der Waals surface area contributed by atoms with Crippen molar-refractivity contribution in [2.75, 3.05) is 0 Å². The van der Waals surface area contributed by atoms with Crippen LogP contribution >= 0.6 is 34.8 Å². The molecule has 0 saturated carbocycles. The first-order valence-corrected chi connectivity index (χ1v) is 5.66. The summed E-state index contributed by atoms with van der Waals surface area (Å²) in [5.74, 6) is -0.664. The molecule has 0 aliphatic rings. The molecule has 0 radical (unpaired) electrons. The summed E-state index contributed by atoms with van der Waals surface area (Å²) < 4.78 is 13.5. The van der Waals surface area contributed by atoms with Gasteiger partial charge in [-0.2, -0.15) is 0 Å². The number of rotatable bonds is 0. The van der Waals surface area contributed by atoms with E-state index in [2.05, 4.69) is 4.98 Å². The molecule has 0 atom stereocenters. The van der Waals surface area contributed by atoms with E-state index in [0.29, 0.717) is 15.9 Å². The molecule has 16 heavy (non-hydrogen) atoms. The summed E-state index contributed by atoms with van der Waals surface area (Å²) in [5, 5.41) is 0.698. The summed E-state index contributed by atoms with van der Waals surface area (Å²) in [6.07, 6.45) is 0. The molecule has 0 N–H and O–H groups in total. The minimum Gasteiger partial charge on any atom is -0.253 e. The SMILES string of the molecule is Cc1nc2cc(Cl)c(F)c(Cl)c2c(Cl)c1C. The van der Waals surface area contributed by atoms with E-state index in [9.17, 15) is 4.39 Å². The van der Waals surface area contributed by atoms with E-state index in [0.717, 1.165) is 11.3 Å². The molecular weight excluding hydrogens is 271 g/mol. The Balaban J connectivity index is 3.03. The van der Waals surface area contributed by atoms with Crippen molar-refractivity contribution in [1.29, 1.82) is 0 Å². The van der Waals surface area contributed by atoms with Gasteiger partial charge in [0.05, 0.1) is 20.6 Å². The number of aryl methyl sites for hydroxylation is 1. The monoisotopic (exact) mass is 277 g/mol. The smallest absolute Gasteiger partial charge is 0.161 e. The minimum atomic E-state index is -0.664. The lowest BCUT2D eigenvalue weighted by Gasteiger charge is -2.09.